The first-order valence-electron chi connectivity index (χ1n) is 10.9. The van der Waals surface area contributed by atoms with E-state index in [-0.39, 0.29) is 5.91 Å². The van der Waals surface area contributed by atoms with E-state index in [1.54, 1.807) is 50.9 Å². The number of carbonyl (C=O) groups excluding carboxylic acids is 1. The Hall–Kier alpha value is -4.10. The van der Waals surface area contributed by atoms with Crippen molar-refractivity contribution in [1.82, 2.24) is 4.98 Å². The molecule has 0 saturated heterocycles. The third-order valence-electron chi connectivity index (χ3n) is 5.36. The summed E-state index contributed by atoms with van der Waals surface area (Å²) in [5.41, 5.74) is 4.51. The molecule has 0 atom stereocenters. The summed E-state index contributed by atoms with van der Waals surface area (Å²) in [6, 6.07) is 21.4. The van der Waals surface area contributed by atoms with Crippen LogP contribution in [0.1, 0.15) is 10.4 Å². The summed E-state index contributed by atoms with van der Waals surface area (Å²) in [6.07, 6.45) is 3.16. The fourth-order valence-corrected chi connectivity index (χ4v) is 4.57. The molecule has 0 saturated carbocycles. The standard InChI is InChI=1S/C28H26N2O4S/c1-18-26(30-28(35-18)21-8-6-5-7-9-21)20-11-13-22(14-12-20)29-25(31)15-10-19-16-23(32-2)27(34-4)24(17-19)33-3/h5-17H,1-4H3,(H,29,31)/b15-10+. The molecule has 1 N–H and O–H groups in total. The maximum atomic E-state index is 12.5. The molecule has 0 aliphatic rings. The molecule has 1 heterocycles. The molecule has 0 fully saturated rings. The van der Waals surface area contributed by atoms with Crippen LogP contribution in [0, 0.1) is 6.92 Å². The van der Waals surface area contributed by atoms with E-state index in [0.29, 0.717) is 22.9 Å². The van der Waals surface area contributed by atoms with Crippen LogP contribution in [0.15, 0.2) is 72.8 Å². The Bertz CT molecular complexity index is 1320. The van der Waals surface area contributed by atoms with Crippen LogP contribution in [-0.4, -0.2) is 32.2 Å². The number of methoxy groups -OCH3 is 3. The monoisotopic (exact) mass is 486 g/mol. The normalized spacial score (nSPS) is 10.9. The lowest BCUT2D eigenvalue weighted by atomic mass is 10.1. The predicted octanol–water partition coefficient (Wildman–Crippen LogP) is 6.46. The third kappa shape index (κ3) is 5.53. The van der Waals surface area contributed by atoms with Crippen molar-refractivity contribution >= 4 is 29.0 Å². The second-order valence-electron chi connectivity index (χ2n) is 7.65. The minimum atomic E-state index is -0.247. The molecule has 4 aromatic rings. The zero-order valence-corrected chi connectivity index (χ0v) is 20.8. The van der Waals surface area contributed by atoms with E-state index in [4.69, 9.17) is 19.2 Å². The molecule has 7 heteroatoms. The van der Waals surface area contributed by atoms with Crippen molar-refractivity contribution in [2.45, 2.75) is 6.92 Å². The molecule has 1 amide bonds. The van der Waals surface area contributed by atoms with Gasteiger partial charge < -0.3 is 19.5 Å². The number of hydrogen-bond donors (Lipinski definition) is 1. The van der Waals surface area contributed by atoms with Crippen LogP contribution >= 0.6 is 11.3 Å². The maximum absolute atomic E-state index is 12.5. The second-order valence-corrected chi connectivity index (χ2v) is 8.85. The molecule has 1 aromatic heterocycles. The van der Waals surface area contributed by atoms with E-state index < -0.39 is 0 Å². The maximum Gasteiger partial charge on any atom is 0.248 e. The predicted molar refractivity (Wildman–Crippen MR) is 141 cm³/mol. The number of benzene rings is 3. The van der Waals surface area contributed by atoms with Gasteiger partial charge in [0.15, 0.2) is 11.5 Å². The van der Waals surface area contributed by atoms with Gasteiger partial charge in [0.25, 0.3) is 0 Å². The quantitative estimate of drug-likeness (QED) is 0.289. The van der Waals surface area contributed by atoms with Gasteiger partial charge in [0.05, 0.1) is 27.0 Å². The number of nitrogens with one attached hydrogen (secondary N) is 1. The van der Waals surface area contributed by atoms with Gasteiger partial charge in [0.2, 0.25) is 11.7 Å². The molecule has 6 nitrogen and oxygen atoms in total. The van der Waals surface area contributed by atoms with E-state index in [0.717, 1.165) is 32.3 Å². The average Bonchev–Trinajstić information content (AvgIpc) is 3.29. The largest absolute Gasteiger partial charge is 0.493 e. The van der Waals surface area contributed by atoms with Crippen molar-refractivity contribution in [3.63, 3.8) is 0 Å². The molecule has 3 aromatic carbocycles. The van der Waals surface area contributed by atoms with Crippen LogP contribution in [0.4, 0.5) is 5.69 Å². The van der Waals surface area contributed by atoms with Gasteiger partial charge >= 0.3 is 0 Å². The van der Waals surface area contributed by atoms with Crippen LogP contribution in [0.3, 0.4) is 0 Å². The lowest BCUT2D eigenvalue weighted by Crippen LogP contribution is -2.07. The topological polar surface area (TPSA) is 69.7 Å². The highest BCUT2D eigenvalue weighted by atomic mass is 32.1. The number of hydrogen-bond acceptors (Lipinski definition) is 6. The summed E-state index contributed by atoms with van der Waals surface area (Å²) in [4.78, 5) is 18.5. The first kappa shape index (κ1) is 24.0. The molecular weight excluding hydrogens is 460 g/mol. The van der Waals surface area contributed by atoms with Crippen LogP contribution in [0.25, 0.3) is 27.9 Å². The molecule has 0 spiro atoms. The van der Waals surface area contributed by atoms with Gasteiger partial charge in [-0.3, -0.25) is 4.79 Å². The van der Waals surface area contributed by atoms with Crippen molar-refractivity contribution in [2.75, 3.05) is 26.6 Å². The molecule has 0 bridgehead atoms. The number of amides is 1. The molecule has 4 rings (SSSR count). The van der Waals surface area contributed by atoms with Gasteiger partial charge in [0, 0.05) is 27.8 Å². The van der Waals surface area contributed by atoms with Gasteiger partial charge in [-0.2, -0.15) is 0 Å². The summed E-state index contributed by atoms with van der Waals surface area (Å²) in [5, 5.41) is 3.88. The highest BCUT2D eigenvalue weighted by Gasteiger charge is 2.13. The zero-order valence-electron chi connectivity index (χ0n) is 20.0. The Morgan fingerprint density at radius 3 is 2.14 bits per heavy atom. The van der Waals surface area contributed by atoms with E-state index >= 15 is 0 Å². The van der Waals surface area contributed by atoms with E-state index in [9.17, 15) is 4.79 Å². The molecule has 178 valence electrons. The van der Waals surface area contributed by atoms with Gasteiger partial charge in [-0.25, -0.2) is 4.98 Å². The molecule has 35 heavy (non-hydrogen) atoms. The van der Waals surface area contributed by atoms with E-state index in [1.807, 2.05) is 42.5 Å². The molecule has 0 aliphatic carbocycles. The highest BCUT2D eigenvalue weighted by molar-refractivity contribution is 7.15. The number of anilines is 1. The minimum absolute atomic E-state index is 0.247. The Morgan fingerprint density at radius 1 is 0.886 bits per heavy atom. The number of aryl methyl sites for hydroxylation is 1. The second kappa shape index (κ2) is 10.9. The van der Waals surface area contributed by atoms with Crippen molar-refractivity contribution in [3.05, 3.63) is 83.2 Å². The Morgan fingerprint density at radius 2 is 1.54 bits per heavy atom. The van der Waals surface area contributed by atoms with Gasteiger partial charge in [0.1, 0.15) is 5.01 Å². The van der Waals surface area contributed by atoms with Crippen LogP contribution in [-0.2, 0) is 4.79 Å². The zero-order chi connectivity index (χ0) is 24.8. The highest BCUT2D eigenvalue weighted by Crippen LogP contribution is 2.38. The van der Waals surface area contributed by atoms with Gasteiger partial charge in [-0.1, -0.05) is 42.5 Å². The summed E-state index contributed by atoms with van der Waals surface area (Å²) >= 11 is 1.67. The summed E-state index contributed by atoms with van der Waals surface area (Å²) in [6.45, 7) is 2.07. The number of carbonyl (C=O) groups is 1. The third-order valence-corrected chi connectivity index (χ3v) is 6.38. The molecular formula is C28H26N2O4S. The summed E-state index contributed by atoms with van der Waals surface area (Å²) < 4.78 is 16.1. The van der Waals surface area contributed by atoms with Crippen molar-refractivity contribution in [2.24, 2.45) is 0 Å². The van der Waals surface area contributed by atoms with Crippen molar-refractivity contribution in [1.29, 1.82) is 0 Å². The minimum Gasteiger partial charge on any atom is -0.493 e. The smallest absolute Gasteiger partial charge is 0.248 e. The summed E-state index contributed by atoms with van der Waals surface area (Å²) in [5.74, 6) is 1.30. The first-order chi connectivity index (χ1) is 17.0. The van der Waals surface area contributed by atoms with Crippen LogP contribution < -0.4 is 19.5 Å². The number of thiazole rings is 1. The molecule has 0 unspecified atom stereocenters. The fraction of sp³-hybridized carbons (Fsp3) is 0.143. The number of nitrogens with zero attached hydrogens (tertiary/aromatic N) is 1. The number of ether oxygens (including phenoxy) is 3. The van der Waals surface area contributed by atoms with E-state index in [1.165, 1.54) is 6.08 Å². The van der Waals surface area contributed by atoms with Gasteiger partial charge in [-0.05, 0) is 42.8 Å². The van der Waals surface area contributed by atoms with Crippen LogP contribution in [0.2, 0.25) is 0 Å². The SMILES string of the molecule is COc1cc(/C=C/C(=O)Nc2ccc(-c3nc(-c4ccccc4)sc3C)cc2)cc(OC)c1OC. The Kier molecular flexibility index (Phi) is 7.48. The number of aromatic nitrogens is 1. The average molecular weight is 487 g/mol. The van der Waals surface area contributed by atoms with E-state index in [2.05, 4.69) is 24.4 Å². The Balaban J connectivity index is 1.46. The number of rotatable bonds is 8. The molecule has 0 aliphatic heterocycles. The fourth-order valence-electron chi connectivity index (χ4n) is 3.63. The summed E-state index contributed by atoms with van der Waals surface area (Å²) in [7, 11) is 4.65. The van der Waals surface area contributed by atoms with Gasteiger partial charge in [-0.15, -0.1) is 11.3 Å². The van der Waals surface area contributed by atoms with Crippen molar-refractivity contribution in [3.8, 4) is 39.1 Å². The molecule has 0 radical (unpaired) electrons. The Labute approximate surface area is 208 Å². The lowest BCUT2D eigenvalue weighted by Gasteiger charge is -2.12. The lowest BCUT2D eigenvalue weighted by molar-refractivity contribution is -0.111. The van der Waals surface area contributed by atoms with Crippen molar-refractivity contribution < 1.29 is 19.0 Å². The first-order valence-corrected chi connectivity index (χ1v) is 11.8. The van der Waals surface area contributed by atoms with Crippen LogP contribution in [0.5, 0.6) is 17.2 Å².